The van der Waals surface area contributed by atoms with E-state index in [4.69, 9.17) is 0 Å². The van der Waals surface area contributed by atoms with Gasteiger partial charge in [-0.1, -0.05) is 51.1 Å². The molecule has 0 spiro atoms. The molecule has 0 saturated heterocycles. The Morgan fingerprint density at radius 2 is 1.42 bits per heavy atom. The molecular formula is C18H23N. The third-order valence-corrected chi connectivity index (χ3v) is 3.63. The third kappa shape index (κ3) is 3.17. The molecule has 1 nitrogen and oxygen atoms in total. The molecule has 19 heavy (non-hydrogen) atoms. The maximum atomic E-state index is 3.59. The second-order valence-corrected chi connectivity index (χ2v) is 4.83. The third-order valence-electron chi connectivity index (χ3n) is 3.63. The van der Waals surface area contributed by atoms with Crippen LogP contribution in [0.4, 0.5) is 11.4 Å². The summed E-state index contributed by atoms with van der Waals surface area (Å²) in [5.74, 6) is 0. The second-order valence-electron chi connectivity index (χ2n) is 4.83. The van der Waals surface area contributed by atoms with Crippen molar-refractivity contribution in [1.82, 2.24) is 0 Å². The van der Waals surface area contributed by atoms with Gasteiger partial charge in [0.2, 0.25) is 0 Å². The Labute approximate surface area is 116 Å². The van der Waals surface area contributed by atoms with Crippen LogP contribution in [-0.2, 0) is 19.3 Å². The van der Waals surface area contributed by atoms with E-state index in [9.17, 15) is 0 Å². The van der Waals surface area contributed by atoms with Crippen molar-refractivity contribution in [2.45, 2.75) is 40.0 Å². The van der Waals surface area contributed by atoms with Gasteiger partial charge in [-0.05, 0) is 48.1 Å². The predicted molar refractivity (Wildman–Crippen MR) is 84.3 cm³/mol. The molecule has 0 heterocycles. The van der Waals surface area contributed by atoms with Gasteiger partial charge in [-0.2, -0.15) is 0 Å². The molecule has 0 saturated carbocycles. The normalized spacial score (nSPS) is 10.5. The molecule has 0 aromatic heterocycles. The molecule has 0 aliphatic rings. The topological polar surface area (TPSA) is 12.0 Å². The first-order chi connectivity index (χ1) is 9.28. The molecule has 2 aromatic carbocycles. The van der Waals surface area contributed by atoms with Crippen molar-refractivity contribution in [2.75, 3.05) is 5.32 Å². The second kappa shape index (κ2) is 6.42. The molecule has 0 radical (unpaired) electrons. The van der Waals surface area contributed by atoms with E-state index in [1.807, 2.05) is 0 Å². The number of anilines is 2. The van der Waals surface area contributed by atoms with Crippen LogP contribution >= 0.6 is 0 Å². The van der Waals surface area contributed by atoms with Gasteiger partial charge >= 0.3 is 0 Å². The summed E-state index contributed by atoms with van der Waals surface area (Å²) in [7, 11) is 0. The Hall–Kier alpha value is -1.76. The van der Waals surface area contributed by atoms with E-state index in [1.165, 1.54) is 28.1 Å². The molecule has 1 N–H and O–H groups in total. The molecule has 100 valence electrons. The van der Waals surface area contributed by atoms with E-state index in [-0.39, 0.29) is 0 Å². The van der Waals surface area contributed by atoms with Gasteiger partial charge in [-0.15, -0.1) is 0 Å². The fourth-order valence-electron chi connectivity index (χ4n) is 2.38. The first-order valence-electron chi connectivity index (χ1n) is 7.25. The minimum atomic E-state index is 1.05. The quantitative estimate of drug-likeness (QED) is 0.780. The lowest BCUT2D eigenvalue weighted by Crippen LogP contribution is -1.99. The van der Waals surface area contributed by atoms with Crippen molar-refractivity contribution in [3.63, 3.8) is 0 Å². The van der Waals surface area contributed by atoms with Gasteiger partial charge in [0.15, 0.2) is 0 Å². The first kappa shape index (κ1) is 13.7. The molecule has 0 aliphatic heterocycles. The zero-order valence-corrected chi connectivity index (χ0v) is 12.2. The molecule has 1 heteroatoms. The van der Waals surface area contributed by atoms with Gasteiger partial charge in [0, 0.05) is 11.4 Å². The van der Waals surface area contributed by atoms with Crippen LogP contribution < -0.4 is 5.32 Å². The highest BCUT2D eigenvalue weighted by molar-refractivity contribution is 5.66. The first-order valence-corrected chi connectivity index (χ1v) is 7.25. The predicted octanol–water partition coefficient (Wildman–Crippen LogP) is 5.12. The van der Waals surface area contributed by atoms with E-state index in [2.05, 4.69) is 68.6 Å². The Kier molecular flexibility index (Phi) is 4.62. The van der Waals surface area contributed by atoms with Crippen LogP contribution in [0.3, 0.4) is 0 Å². The zero-order chi connectivity index (χ0) is 13.7. The average molecular weight is 253 g/mol. The van der Waals surface area contributed by atoms with Gasteiger partial charge < -0.3 is 5.32 Å². The summed E-state index contributed by atoms with van der Waals surface area (Å²) in [6.45, 7) is 6.61. The number of hydrogen-bond donors (Lipinski definition) is 1. The molecule has 2 rings (SSSR count). The lowest BCUT2D eigenvalue weighted by molar-refractivity contribution is 1.08. The van der Waals surface area contributed by atoms with Gasteiger partial charge in [0.05, 0.1) is 0 Å². The number of nitrogens with one attached hydrogen (secondary N) is 1. The van der Waals surface area contributed by atoms with Crippen molar-refractivity contribution < 1.29 is 0 Å². The van der Waals surface area contributed by atoms with E-state index in [0.717, 1.165) is 19.3 Å². The Bertz CT molecular complexity index is 543. The monoisotopic (exact) mass is 253 g/mol. The lowest BCUT2D eigenvalue weighted by Gasteiger charge is -2.15. The molecular weight excluding hydrogens is 230 g/mol. The Balaban J connectivity index is 2.32. The average Bonchev–Trinajstić information content (AvgIpc) is 2.48. The molecule has 2 aromatic rings. The number of para-hydroxylation sites is 1. The van der Waals surface area contributed by atoms with Crippen LogP contribution in [0, 0.1) is 0 Å². The van der Waals surface area contributed by atoms with Crippen molar-refractivity contribution in [3.05, 3.63) is 59.2 Å². The molecule has 0 fully saturated rings. The van der Waals surface area contributed by atoms with Crippen molar-refractivity contribution in [3.8, 4) is 0 Å². The largest absolute Gasteiger partial charge is 0.355 e. The van der Waals surface area contributed by atoms with E-state index < -0.39 is 0 Å². The maximum Gasteiger partial charge on any atom is 0.0416 e. The molecule has 0 bridgehead atoms. The Morgan fingerprint density at radius 1 is 0.737 bits per heavy atom. The van der Waals surface area contributed by atoms with Crippen molar-refractivity contribution in [1.29, 1.82) is 0 Å². The number of aryl methyl sites for hydroxylation is 3. The van der Waals surface area contributed by atoms with Gasteiger partial charge in [-0.3, -0.25) is 0 Å². The lowest BCUT2D eigenvalue weighted by atomic mass is 10.0. The van der Waals surface area contributed by atoms with E-state index >= 15 is 0 Å². The molecule has 0 unspecified atom stereocenters. The molecule has 0 aliphatic carbocycles. The van der Waals surface area contributed by atoms with E-state index in [0.29, 0.717) is 0 Å². The summed E-state index contributed by atoms with van der Waals surface area (Å²) in [6.07, 6.45) is 3.21. The standard InChI is InChI=1S/C18H23N/c1-4-14-11-12-18(16(6-3)13-14)19-17-10-8-7-9-15(17)5-2/h7-13,19H,4-6H2,1-3H3. The summed E-state index contributed by atoms with van der Waals surface area (Å²) in [5.41, 5.74) is 6.63. The summed E-state index contributed by atoms with van der Waals surface area (Å²) in [5, 5.41) is 3.59. The van der Waals surface area contributed by atoms with Crippen LogP contribution in [-0.4, -0.2) is 0 Å². The number of rotatable bonds is 5. The number of hydrogen-bond acceptors (Lipinski definition) is 1. The van der Waals surface area contributed by atoms with Crippen LogP contribution in [0.15, 0.2) is 42.5 Å². The highest BCUT2D eigenvalue weighted by Crippen LogP contribution is 2.25. The van der Waals surface area contributed by atoms with Crippen LogP contribution in [0.5, 0.6) is 0 Å². The zero-order valence-electron chi connectivity index (χ0n) is 12.2. The van der Waals surface area contributed by atoms with Crippen LogP contribution in [0.1, 0.15) is 37.5 Å². The van der Waals surface area contributed by atoms with Crippen molar-refractivity contribution >= 4 is 11.4 Å². The minimum Gasteiger partial charge on any atom is -0.355 e. The molecule has 0 atom stereocenters. The highest BCUT2D eigenvalue weighted by Gasteiger charge is 2.05. The van der Waals surface area contributed by atoms with Crippen LogP contribution in [0.25, 0.3) is 0 Å². The fraction of sp³-hybridized carbons (Fsp3) is 0.333. The minimum absolute atomic E-state index is 1.05. The molecule has 0 amide bonds. The van der Waals surface area contributed by atoms with Gasteiger partial charge in [-0.25, -0.2) is 0 Å². The smallest absolute Gasteiger partial charge is 0.0416 e. The van der Waals surface area contributed by atoms with Gasteiger partial charge in [0.1, 0.15) is 0 Å². The summed E-state index contributed by atoms with van der Waals surface area (Å²) in [6, 6.07) is 15.3. The number of benzene rings is 2. The highest BCUT2D eigenvalue weighted by atomic mass is 14.9. The maximum absolute atomic E-state index is 3.59. The van der Waals surface area contributed by atoms with Crippen LogP contribution in [0.2, 0.25) is 0 Å². The summed E-state index contributed by atoms with van der Waals surface area (Å²) in [4.78, 5) is 0. The summed E-state index contributed by atoms with van der Waals surface area (Å²) < 4.78 is 0. The van der Waals surface area contributed by atoms with E-state index in [1.54, 1.807) is 0 Å². The Morgan fingerprint density at radius 3 is 2.11 bits per heavy atom. The van der Waals surface area contributed by atoms with Crippen molar-refractivity contribution in [2.24, 2.45) is 0 Å². The SMILES string of the molecule is CCc1ccc(Nc2ccccc2CC)c(CC)c1. The van der Waals surface area contributed by atoms with Gasteiger partial charge in [0.25, 0.3) is 0 Å². The summed E-state index contributed by atoms with van der Waals surface area (Å²) >= 11 is 0. The fourth-order valence-corrected chi connectivity index (χ4v) is 2.38.